The normalized spacial score (nSPS) is 30.9. The lowest BCUT2D eigenvalue weighted by Gasteiger charge is -2.27. The van der Waals surface area contributed by atoms with Crippen LogP contribution in [0.3, 0.4) is 0 Å². The van der Waals surface area contributed by atoms with Crippen LogP contribution in [0.2, 0.25) is 0 Å². The van der Waals surface area contributed by atoms with Crippen molar-refractivity contribution in [3.05, 3.63) is 0 Å². The number of hydrogen-bond donors (Lipinski definition) is 1. The number of alkyl halides is 1. The summed E-state index contributed by atoms with van der Waals surface area (Å²) in [6.45, 7) is 7.40. The van der Waals surface area contributed by atoms with Gasteiger partial charge in [-0.1, -0.05) is 6.42 Å². The number of nitrogens with zero attached hydrogens (tertiary/aromatic N) is 1. The Morgan fingerprint density at radius 2 is 1.94 bits per heavy atom. The average molecular weight is 261 g/mol. The van der Waals surface area contributed by atoms with Crippen LogP contribution in [-0.2, 0) is 4.74 Å². The lowest BCUT2D eigenvalue weighted by atomic mass is 9.98. The maximum atomic E-state index is 5.99. The van der Waals surface area contributed by atoms with Crippen LogP contribution in [0.1, 0.15) is 19.3 Å². The number of morpholine rings is 1. The topological polar surface area (TPSA) is 24.5 Å². The predicted molar refractivity (Wildman–Crippen MR) is 71.7 cm³/mol. The standard InChI is InChI=1S/C13H25ClN2O/c14-10-12-2-1-3-13(12)11-15-4-5-16-6-8-17-9-7-16/h12-13,15H,1-11H2. The number of hydrogen-bond acceptors (Lipinski definition) is 3. The fourth-order valence-corrected chi connectivity index (χ4v) is 3.34. The molecule has 2 rings (SSSR count). The van der Waals surface area contributed by atoms with Crippen LogP contribution < -0.4 is 5.32 Å². The maximum Gasteiger partial charge on any atom is 0.0594 e. The Bertz CT molecular complexity index is 210. The van der Waals surface area contributed by atoms with Gasteiger partial charge in [0.25, 0.3) is 0 Å². The molecule has 3 nitrogen and oxygen atoms in total. The van der Waals surface area contributed by atoms with Crippen molar-refractivity contribution in [3.8, 4) is 0 Å². The monoisotopic (exact) mass is 260 g/mol. The number of rotatable bonds is 6. The van der Waals surface area contributed by atoms with Crippen molar-refractivity contribution in [2.75, 3.05) is 51.8 Å². The van der Waals surface area contributed by atoms with E-state index in [1.54, 1.807) is 0 Å². The first-order valence-corrected chi connectivity index (χ1v) is 7.50. The second-order valence-corrected chi connectivity index (χ2v) is 5.57. The molecule has 1 aliphatic carbocycles. The fourth-order valence-electron chi connectivity index (χ4n) is 2.93. The largest absolute Gasteiger partial charge is 0.379 e. The van der Waals surface area contributed by atoms with E-state index < -0.39 is 0 Å². The Hall–Kier alpha value is 0.170. The van der Waals surface area contributed by atoms with Crippen LogP contribution in [0, 0.1) is 11.8 Å². The molecular formula is C13H25ClN2O. The zero-order valence-corrected chi connectivity index (χ0v) is 11.4. The second-order valence-electron chi connectivity index (χ2n) is 5.26. The average Bonchev–Trinajstić information content (AvgIpc) is 2.83. The Kier molecular flexibility index (Phi) is 6.06. The van der Waals surface area contributed by atoms with Gasteiger partial charge in [0.2, 0.25) is 0 Å². The molecule has 0 radical (unpaired) electrons. The summed E-state index contributed by atoms with van der Waals surface area (Å²) in [5.74, 6) is 2.42. The highest BCUT2D eigenvalue weighted by Gasteiger charge is 2.25. The molecule has 1 aliphatic heterocycles. The summed E-state index contributed by atoms with van der Waals surface area (Å²) < 4.78 is 5.34. The van der Waals surface area contributed by atoms with Gasteiger partial charge in [0, 0.05) is 32.1 Å². The van der Waals surface area contributed by atoms with Gasteiger partial charge in [-0.2, -0.15) is 0 Å². The molecule has 1 saturated carbocycles. The van der Waals surface area contributed by atoms with E-state index >= 15 is 0 Å². The molecule has 0 aromatic rings. The van der Waals surface area contributed by atoms with Gasteiger partial charge in [-0.25, -0.2) is 0 Å². The highest BCUT2D eigenvalue weighted by atomic mass is 35.5. The zero-order chi connectivity index (χ0) is 11.9. The van der Waals surface area contributed by atoms with Crippen LogP contribution in [-0.4, -0.2) is 56.7 Å². The van der Waals surface area contributed by atoms with Gasteiger partial charge in [-0.05, 0) is 31.2 Å². The third kappa shape index (κ3) is 4.40. The summed E-state index contributed by atoms with van der Waals surface area (Å²) >= 11 is 5.99. The molecule has 0 aromatic heterocycles. The van der Waals surface area contributed by atoms with E-state index in [-0.39, 0.29) is 0 Å². The van der Waals surface area contributed by atoms with Gasteiger partial charge in [0.15, 0.2) is 0 Å². The third-order valence-electron chi connectivity index (χ3n) is 4.13. The zero-order valence-electron chi connectivity index (χ0n) is 10.7. The van der Waals surface area contributed by atoms with E-state index in [1.165, 1.54) is 19.3 Å². The second kappa shape index (κ2) is 7.57. The van der Waals surface area contributed by atoms with Crippen molar-refractivity contribution in [2.24, 2.45) is 11.8 Å². The first-order valence-electron chi connectivity index (χ1n) is 6.97. The van der Waals surface area contributed by atoms with Gasteiger partial charge in [0.05, 0.1) is 13.2 Å². The molecule has 2 aliphatic rings. The highest BCUT2D eigenvalue weighted by Crippen LogP contribution is 2.31. The van der Waals surface area contributed by atoms with Crippen LogP contribution in [0.4, 0.5) is 0 Å². The molecule has 2 atom stereocenters. The van der Waals surface area contributed by atoms with Crippen molar-refractivity contribution < 1.29 is 4.74 Å². The molecule has 1 heterocycles. The van der Waals surface area contributed by atoms with E-state index in [0.717, 1.165) is 63.7 Å². The summed E-state index contributed by atoms with van der Waals surface area (Å²) in [5, 5.41) is 3.60. The molecule has 1 N–H and O–H groups in total. The third-order valence-corrected chi connectivity index (χ3v) is 4.53. The van der Waals surface area contributed by atoms with Crippen LogP contribution in [0.5, 0.6) is 0 Å². The molecule has 0 amide bonds. The molecule has 0 aromatic carbocycles. The van der Waals surface area contributed by atoms with E-state index in [4.69, 9.17) is 16.3 Å². The van der Waals surface area contributed by atoms with Gasteiger partial charge in [-0.15, -0.1) is 11.6 Å². The summed E-state index contributed by atoms with van der Waals surface area (Å²) in [4.78, 5) is 2.48. The van der Waals surface area contributed by atoms with Crippen molar-refractivity contribution in [1.82, 2.24) is 10.2 Å². The Labute approximate surface area is 110 Å². The summed E-state index contributed by atoms with van der Waals surface area (Å²) in [7, 11) is 0. The van der Waals surface area contributed by atoms with E-state index in [2.05, 4.69) is 10.2 Å². The van der Waals surface area contributed by atoms with Gasteiger partial charge >= 0.3 is 0 Å². The number of halogens is 1. The smallest absolute Gasteiger partial charge is 0.0594 e. The molecule has 2 unspecified atom stereocenters. The lowest BCUT2D eigenvalue weighted by Crippen LogP contribution is -2.41. The summed E-state index contributed by atoms with van der Waals surface area (Å²) in [6, 6.07) is 0. The quantitative estimate of drug-likeness (QED) is 0.580. The van der Waals surface area contributed by atoms with Crippen molar-refractivity contribution in [3.63, 3.8) is 0 Å². The molecule has 0 bridgehead atoms. The van der Waals surface area contributed by atoms with Crippen molar-refractivity contribution in [1.29, 1.82) is 0 Å². The maximum absolute atomic E-state index is 5.99. The van der Waals surface area contributed by atoms with E-state index in [9.17, 15) is 0 Å². The molecule has 1 saturated heterocycles. The number of ether oxygens (including phenoxy) is 1. The predicted octanol–water partition coefficient (Wildman–Crippen LogP) is 1.56. The van der Waals surface area contributed by atoms with Crippen LogP contribution in [0.25, 0.3) is 0 Å². The molecule has 17 heavy (non-hydrogen) atoms. The van der Waals surface area contributed by atoms with Gasteiger partial charge in [0.1, 0.15) is 0 Å². The minimum absolute atomic E-state index is 0.757. The molecule has 0 spiro atoms. The van der Waals surface area contributed by atoms with E-state index in [0.29, 0.717) is 0 Å². The first kappa shape index (κ1) is 13.6. The minimum Gasteiger partial charge on any atom is -0.379 e. The molecule has 100 valence electrons. The summed E-state index contributed by atoms with van der Waals surface area (Å²) in [5.41, 5.74) is 0. The fraction of sp³-hybridized carbons (Fsp3) is 1.00. The highest BCUT2D eigenvalue weighted by molar-refractivity contribution is 6.18. The Morgan fingerprint density at radius 3 is 2.71 bits per heavy atom. The Morgan fingerprint density at radius 1 is 1.18 bits per heavy atom. The molecular weight excluding hydrogens is 236 g/mol. The van der Waals surface area contributed by atoms with Crippen molar-refractivity contribution in [2.45, 2.75) is 19.3 Å². The first-order chi connectivity index (χ1) is 8.40. The van der Waals surface area contributed by atoms with Crippen LogP contribution >= 0.6 is 11.6 Å². The molecule has 4 heteroatoms. The lowest BCUT2D eigenvalue weighted by molar-refractivity contribution is 0.0383. The minimum atomic E-state index is 0.757. The van der Waals surface area contributed by atoms with Crippen LogP contribution in [0.15, 0.2) is 0 Å². The number of nitrogens with one attached hydrogen (secondary N) is 1. The SMILES string of the molecule is ClCC1CCCC1CNCCN1CCOCC1. The molecule has 2 fully saturated rings. The Balaban J connectivity index is 1.53. The van der Waals surface area contributed by atoms with Crippen molar-refractivity contribution >= 4 is 11.6 Å². The van der Waals surface area contributed by atoms with E-state index in [1.807, 2.05) is 0 Å². The summed E-state index contributed by atoms with van der Waals surface area (Å²) in [6.07, 6.45) is 4.06. The van der Waals surface area contributed by atoms with Gasteiger partial charge in [-0.3, -0.25) is 4.90 Å². The van der Waals surface area contributed by atoms with Gasteiger partial charge < -0.3 is 10.1 Å².